The molecule has 0 saturated heterocycles. The third-order valence-corrected chi connectivity index (χ3v) is 4.19. The molecule has 0 N–H and O–H groups in total. The molecule has 0 bridgehead atoms. The Morgan fingerprint density at radius 1 is 1.24 bits per heavy atom. The van der Waals surface area contributed by atoms with E-state index < -0.39 is 0 Å². The molecule has 1 aromatic heterocycles. The van der Waals surface area contributed by atoms with Gasteiger partial charge in [-0.2, -0.15) is 0 Å². The molecule has 1 heterocycles. The Morgan fingerprint density at radius 3 is 2.48 bits per heavy atom. The average Bonchev–Trinajstić information content (AvgIpc) is 2.76. The third kappa shape index (κ3) is 3.04. The molecule has 1 aromatic carbocycles. The number of rotatable bonds is 5. The summed E-state index contributed by atoms with van der Waals surface area (Å²) in [4.78, 5) is 12.0. The van der Waals surface area contributed by atoms with Gasteiger partial charge in [0.25, 0.3) is 0 Å². The highest BCUT2D eigenvalue weighted by Gasteiger charge is 2.24. The number of hydrogen-bond acceptors (Lipinski definition) is 3. The molecule has 0 spiro atoms. The number of ether oxygens (including phenoxy) is 2. The van der Waals surface area contributed by atoms with Gasteiger partial charge >= 0.3 is 5.97 Å². The van der Waals surface area contributed by atoms with Gasteiger partial charge in [-0.15, -0.1) is 0 Å². The number of hydrogen-bond donors (Lipinski definition) is 0. The number of benzene rings is 1. The predicted molar refractivity (Wildman–Crippen MR) is 85.5 cm³/mol. The quantitative estimate of drug-likeness (QED) is 0.771. The molecule has 0 saturated carbocycles. The zero-order chi connectivity index (χ0) is 15.4. The second-order valence-corrected chi connectivity index (χ2v) is 5.42. The van der Waals surface area contributed by atoms with Crippen LogP contribution in [-0.4, -0.2) is 31.4 Å². The standard InChI is InChI=1S/C16H18BrNO3/c1-11-13(16(19)21-3)14(17)15(18(11)9-10-20-2)12-7-5-4-6-8-12/h4-8H,9-10H2,1-3H3. The summed E-state index contributed by atoms with van der Waals surface area (Å²) in [6, 6.07) is 9.95. The molecule has 0 unspecified atom stereocenters. The van der Waals surface area contributed by atoms with Crippen LogP contribution in [0, 0.1) is 6.92 Å². The van der Waals surface area contributed by atoms with Gasteiger partial charge in [0.1, 0.15) is 0 Å². The Kier molecular flexibility index (Phi) is 5.20. The van der Waals surface area contributed by atoms with E-state index in [0.717, 1.165) is 21.4 Å². The van der Waals surface area contributed by atoms with Crippen molar-refractivity contribution < 1.29 is 14.3 Å². The highest BCUT2D eigenvalue weighted by molar-refractivity contribution is 9.10. The van der Waals surface area contributed by atoms with Crippen LogP contribution < -0.4 is 0 Å². The van der Waals surface area contributed by atoms with Crippen molar-refractivity contribution in [2.75, 3.05) is 20.8 Å². The monoisotopic (exact) mass is 351 g/mol. The van der Waals surface area contributed by atoms with Crippen molar-refractivity contribution in [3.63, 3.8) is 0 Å². The largest absolute Gasteiger partial charge is 0.465 e. The molecule has 2 aromatic rings. The highest BCUT2D eigenvalue weighted by Crippen LogP contribution is 2.36. The second-order valence-electron chi connectivity index (χ2n) is 4.63. The van der Waals surface area contributed by atoms with Crippen LogP contribution in [0.15, 0.2) is 34.8 Å². The summed E-state index contributed by atoms with van der Waals surface area (Å²) in [6.07, 6.45) is 0. The second kappa shape index (κ2) is 6.91. The van der Waals surface area contributed by atoms with Gasteiger partial charge < -0.3 is 14.0 Å². The van der Waals surface area contributed by atoms with Gasteiger partial charge in [0.05, 0.1) is 29.4 Å². The lowest BCUT2D eigenvalue weighted by Crippen LogP contribution is -2.09. The van der Waals surface area contributed by atoms with Gasteiger partial charge in [0.2, 0.25) is 0 Å². The van der Waals surface area contributed by atoms with E-state index in [1.54, 1.807) is 7.11 Å². The maximum Gasteiger partial charge on any atom is 0.340 e. The van der Waals surface area contributed by atoms with Crippen LogP contribution in [0.1, 0.15) is 16.1 Å². The molecular formula is C16H18BrNO3. The molecule has 112 valence electrons. The number of aromatic nitrogens is 1. The van der Waals surface area contributed by atoms with Gasteiger partial charge in [-0.25, -0.2) is 4.79 Å². The van der Waals surface area contributed by atoms with Crippen LogP contribution in [0.5, 0.6) is 0 Å². The lowest BCUT2D eigenvalue weighted by Gasteiger charge is -2.11. The van der Waals surface area contributed by atoms with E-state index >= 15 is 0 Å². The minimum absolute atomic E-state index is 0.340. The number of carbonyl (C=O) groups is 1. The Balaban J connectivity index is 2.64. The molecular weight excluding hydrogens is 334 g/mol. The first-order valence-electron chi connectivity index (χ1n) is 6.63. The van der Waals surface area contributed by atoms with Crippen molar-refractivity contribution in [1.29, 1.82) is 0 Å². The molecule has 0 amide bonds. The van der Waals surface area contributed by atoms with E-state index in [1.165, 1.54) is 7.11 Å². The third-order valence-electron chi connectivity index (χ3n) is 3.42. The minimum Gasteiger partial charge on any atom is -0.465 e. The van der Waals surface area contributed by atoms with Crippen molar-refractivity contribution in [3.8, 4) is 11.3 Å². The SMILES string of the molecule is COCCn1c(C)c(C(=O)OC)c(Br)c1-c1ccccc1. The van der Waals surface area contributed by atoms with Crippen LogP contribution in [0.25, 0.3) is 11.3 Å². The van der Waals surface area contributed by atoms with Crippen molar-refractivity contribution in [1.82, 2.24) is 4.57 Å². The molecule has 0 aliphatic heterocycles. The lowest BCUT2D eigenvalue weighted by molar-refractivity contribution is 0.0598. The fourth-order valence-electron chi connectivity index (χ4n) is 2.38. The first kappa shape index (κ1) is 15.8. The normalized spacial score (nSPS) is 10.7. The Bertz CT molecular complexity index is 635. The summed E-state index contributed by atoms with van der Waals surface area (Å²) >= 11 is 3.56. The van der Waals surface area contributed by atoms with Crippen molar-refractivity contribution in [3.05, 3.63) is 46.1 Å². The molecule has 2 rings (SSSR count). The van der Waals surface area contributed by atoms with Gasteiger partial charge in [-0.3, -0.25) is 0 Å². The maximum absolute atomic E-state index is 12.0. The Hall–Kier alpha value is -1.59. The number of carbonyl (C=O) groups excluding carboxylic acids is 1. The van der Waals surface area contributed by atoms with Crippen molar-refractivity contribution in [2.24, 2.45) is 0 Å². The van der Waals surface area contributed by atoms with E-state index in [4.69, 9.17) is 9.47 Å². The molecule has 0 atom stereocenters. The van der Waals surface area contributed by atoms with E-state index in [0.29, 0.717) is 18.7 Å². The topological polar surface area (TPSA) is 40.5 Å². The van der Waals surface area contributed by atoms with Gasteiger partial charge in [-0.05, 0) is 28.4 Å². The zero-order valence-electron chi connectivity index (χ0n) is 12.4. The Labute approximate surface area is 132 Å². The highest BCUT2D eigenvalue weighted by atomic mass is 79.9. The molecule has 21 heavy (non-hydrogen) atoms. The van der Waals surface area contributed by atoms with Gasteiger partial charge in [0, 0.05) is 19.3 Å². The first-order chi connectivity index (χ1) is 10.1. The molecule has 0 fully saturated rings. The maximum atomic E-state index is 12.0. The lowest BCUT2D eigenvalue weighted by atomic mass is 10.1. The van der Waals surface area contributed by atoms with Crippen molar-refractivity contribution in [2.45, 2.75) is 13.5 Å². The van der Waals surface area contributed by atoms with Crippen LogP contribution in [0.2, 0.25) is 0 Å². The molecule has 0 aliphatic rings. The van der Waals surface area contributed by atoms with Gasteiger partial charge in [-0.1, -0.05) is 30.3 Å². The zero-order valence-corrected chi connectivity index (χ0v) is 13.9. The smallest absolute Gasteiger partial charge is 0.340 e. The predicted octanol–water partition coefficient (Wildman–Crippen LogP) is 3.66. The van der Waals surface area contributed by atoms with Crippen LogP contribution >= 0.6 is 15.9 Å². The summed E-state index contributed by atoms with van der Waals surface area (Å²) in [5.41, 5.74) is 3.43. The molecule has 4 nitrogen and oxygen atoms in total. The fourth-order valence-corrected chi connectivity index (χ4v) is 3.27. The van der Waals surface area contributed by atoms with Crippen molar-refractivity contribution >= 4 is 21.9 Å². The minimum atomic E-state index is -0.340. The number of halogens is 1. The summed E-state index contributed by atoms with van der Waals surface area (Å²) in [5, 5.41) is 0. The van der Waals surface area contributed by atoms with E-state index in [-0.39, 0.29) is 5.97 Å². The van der Waals surface area contributed by atoms with E-state index in [9.17, 15) is 4.79 Å². The summed E-state index contributed by atoms with van der Waals surface area (Å²) in [7, 11) is 3.06. The van der Waals surface area contributed by atoms with E-state index in [1.807, 2.05) is 37.3 Å². The molecule has 0 aliphatic carbocycles. The average molecular weight is 352 g/mol. The van der Waals surface area contributed by atoms with E-state index in [2.05, 4.69) is 20.5 Å². The van der Waals surface area contributed by atoms with Crippen LogP contribution in [0.3, 0.4) is 0 Å². The fraction of sp³-hybridized carbons (Fsp3) is 0.312. The molecule has 0 radical (unpaired) electrons. The summed E-state index contributed by atoms with van der Waals surface area (Å²) in [6.45, 7) is 3.16. The van der Waals surface area contributed by atoms with Crippen LogP contribution in [-0.2, 0) is 16.0 Å². The summed E-state index contributed by atoms with van der Waals surface area (Å²) < 4.78 is 12.9. The van der Waals surface area contributed by atoms with Gasteiger partial charge in [0.15, 0.2) is 0 Å². The molecule has 5 heteroatoms. The number of methoxy groups -OCH3 is 2. The first-order valence-corrected chi connectivity index (χ1v) is 7.42. The number of esters is 1. The number of nitrogens with zero attached hydrogens (tertiary/aromatic N) is 1. The van der Waals surface area contributed by atoms with Crippen LogP contribution in [0.4, 0.5) is 0 Å². The summed E-state index contributed by atoms with van der Waals surface area (Å²) in [5.74, 6) is -0.340. The Morgan fingerprint density at radius 2 is 1.90 bits per heavy atom.